The number of halogens is 1. The molecule has 0 amide bonds. The Balaban J connectivity index is 2.07. The van der Waals surface area contributed by atoms with E-state index in [0.717, 1.165) is 19.6 Å². The summed E-state index contributed by atoms with van der Waals surface area (Å²) in [6, 6.07) is 0. The topological polar surface area (TPSA) is 53.9 Å². The molecule has 0 aliphatic heterocycles. The van der Waals surface area contributed by atoms with Crippen LogP contribution in [0.4, 0.5) is 11.9 Å². The normalized spacial score (nSPS) is 16.8. The Morgan fingerprint density at radius 1 is 1.21 bits per heavy atom. The number of hydrogen-bond acceptors (Lipinski definition) is 5. The average Bonchev–Trinajstić information content (AvgIpc) is 2.35. The lowest BCUT2D eigenvalue weighted by molar-refractivity contribution is 0.179. The molecule has 1 fully saturated rings. The predicted octanol–water partition coefficient (Wildman–Crippen LogP) is 2.97. The zero-order chi connectivity index (χ0) is 13.9. The highest BCUT2D eigenvalue weighted by Crippen LogP contribution is 2.40. The van der Waals surface area contributed by atoms with Gasteiger partial charge in [-0.1, -0.05) is 13.3 Å². The maximum Gasteiger partial charge on any atom is 0.231 e. The molecule has 1 aromatic rings. The second kappa shape index (κ2) is 5.90. The molecule has 0 spiro atoms. The van der Waals surface area contributed by atoms with Crippen LogP contribution in [-0.4, -0.2) is 34.6 Å². The van der Waals surface area contributed by atoms with Gasteiger partial charge in [-0.3, -0.25) is 0 Å². The van der Waals surface area contributed by atoms with Crippen LogP contribution >= 0.6 is 11.6 Å². The van der Waals surface area contributed by atoms with E-state index in [0.29, 0.717) is 17.3 Å². The summed E-state index contributed by atoms with van der Waals surface area (Å²) in [5.74, 6) is 1.22. The summed E-state index contributed by atoms with van der Waals surface area (Å²) in [7, 11) is 0. The van der Waals surface area contributed by atoms with Crippen molar-refractivity contribution in [2.45, 2.75) is 40.0 Å². The first-order chi connectivity index (χ1) is 9.06. The second-order valence-electron chi connectivity index (χ2n) is 5.42. The molecular formula is C13H22ClN5. The average molecular weight is 284 g/mol. The van der Waals surface area contributed by atoms with Crippen molar-refractivity contribution in [3.05, 3.63) is 5.28 Å². The molecule has 1 aromatic heterocycles. The van der Waals surface area contributed by atoms with Crippen molar-refractivity contribution in [1.82, 2.24) is 15.0 Å². The van der Waals surface area contributed by atoms with Gasteiger partial charge in [-0.25, -0.2) is 0 Å². The molecule has 0 radical (unpaired) electrons. The maximum absolute atomic E-state index is 5.98. The van der Waals surface area contributed by atoms with E-state index < -0.39 is 0 Å². The van der Waals surface area contributed by atoms with Gasteiger partial charge < -0.3 is 10.2 Å². The molecule has 1 saturated carbocycles. The minimum Gasteiger partial charge on any atom is -0.353 e. The van der Waals surface area contributed by atoms with E-state index in [-0.39, 0.29) is 5.28 Å². The van der Waals surface area contributed by atoms with Crippen molar-refractivity contribution in [1.29, 1.82) is 0 Å². The van der Waals surface area contributed by atoms with Crippen LogP contribution in [0, 0.1) is 5.41 Å². The van der Waals surface area contributed by atoms with E-state index in [1.54, 1.807) is 0 Å². The first-order valence-corrected chi connectivity index (χ1v) is 7.34. The van der Waals surface area contributed by atoms with Crippen molar-refractivity contribution >= 4 is 23.5 Å². The molecule has 5 nitrogen and oxygen atoms in total. The van der Waals surface area contributed by atoms with Crippen LogP contribution in [0.2, 0.25) is 5.28 Å². The van der Waals surface area contributed by atoms with Gasteiger partial charge >= 0.3 is 0 Å². The molecule has 1 N–H and O–H groups in total. The Kier molecular flexibility index (Phi) is 4.45. The summed E-state index contributed by atoms with van der Waals surface area (Å²) in [5, 5.41) is 3.55. The molecule has 0 unspecified atom stereocenters. The van der Waals surface area contributed by atoms with Crippen LogP contribution < -0.4 is 10.2 Å². The van der Waals surface area contributed by atoms with E-state index in [4.69, 9.17) is 11.6 Å². The molecule has 0 atom stereocenters. The molecule has 0 saturated heterocycles. The Bertz CT molecular complexity index is 429. The van der Waals surface area contributed by atoms with Gasteiger partial charge in [0.25, 0.3) is 0 Å². The first kappa shape index (κ1) is 14.3. The minimum atomic E-state index is 0.248. The van der Waals surface area contributed by atoms with Crippen molar-refractivity contribution in [2.24, 2.45) is 5.41 Å². The van der Waals surface area contributed by atoms with E-state index >= 15 is 0 Å². The Morgan fingerprint density at radius 2 is 1.89 bits per heavy atom. The Morgan fingerprint density at radius 3 is 2.42 bits per heavy atom. The highest BCUT2D eigenvalue weighted by Gasteiger charge is 2.31. The van der Waals surface area contributed by atoms with Crippen molar-refractivity contribution in [3.63, 3.8) is 0 Å². The minimum absolute atomic E-state index is 0.248. The van der Waals surface area contributed by atoms with Crippen LogP contribution in [0.25, 0.3) is 0 Å². The molecule has 6 heteroatoms. The molecular weight excluding hydrogens is 262 g/mol. The highest BCUT2D eigenvalue weighted by molar-refractivity contribution is 6.28. The third-order valence-corrected chi connectivity index (χ3v) is 4.05. The quantitative estimate of drug-likeness (QED) is 0.870. The summed E-state index contributed by atoms with van der Waals surface area (Å²) < 4.78 is 0. The lowest BCUT2D eigenvalue weighted by atomic mass is 9.70. The summed E-state index contributed by atoms with van der Waals surface area (Å²) >= 11 is 5.98. The third-order valence-electron chi connectivity index (χ3n) is 3.88. The van der Waals surface area contributed by atoms with Crippen molar-refractivity contribution in [3.8, 4) is 0 Å². The number of nitrogens with one attached hydrogen (secondary N) is 1. The van der Waals surface area contributed by atoms with Crippen LogP contribution in [0.3, 0.4) is 0 Å². The molecule has 1 heterocycles. The largest absolute Gasteiger partial charge is 0.353 e. The number of aromatic nitrogens is 3. The first-order valence-electron chi connectivity index (χ1n) is 6.97. The molecule has 1 aliphatic carbocycles. The summed E-state index contributed by atoms with van der Waals surface area (Å²) in [4.78, 5) is 14.8. The molecule has 0 aromatic carbocycles. The zero-order valence-electron chi connectivity index (χ0n) is 11.9. The predicted molar refractivity (Wildman–Crippen MR) is 78.8 cm³/mol. The van der Waals surface area contributed by atoms with Gasteiger partial charge in [0.2, 0.25) is 17.2 Å². The van der Waals surface area contributed by atoms with Crippen molar-refractivity contribution < 1.29 is 0 Å². The summed E-state index contributed by atoms with van der Waals surface area (Å²) in [6.45, 7) is 9.04. The van der Waals surface area contributed by atoms with Crippen molar-refractivity contribution in [2.75, 3.05) is 29.9 Å². The second-order valence-corrected chi connectivity index (χ2v) is 5.76. The third kappa shape index (κ3) is 3.47. The van der Waals surface area contributed by atoms with Crippen LogP contribution in [0.5, 0.6) is 0 Å². The molecule has 2 rings (SSSR count). The van der Waals surface area contributed by atoms with E-state index in [9.17, 15) is 0 Å². The van der Waals surface area contributed by atoms with E-state index in [1.165, 1.54) is 19.3 Å². The fourth-order valence-corrected chi connectivity index (χ4v) is 2.47. The molecule has 1 aliphatic rings. The number of anilines is 2. The highest BCUT2D eigenvalue weighted by atomic mass is 35.5. The lowest BCUT2D eigenvalue weighted by Gasteiger charge is -2.38. The number of nitrogens with zero attached hydrogens (tertiary/aromatic N) is 4. The van der Waals surface area contributed by atoms with E-state index in [1.807, 2.05) is 0 Å². The van der Waals surface area contributed by atoms with Gasteiger partial charge in [-0.15, -0.1) is 0 Å². The van der Waals surface area contributed by atoms with Crippen LogP contribution in [0.1, 0.15) is 40.0 Å². The Hall–Kier alpha value is -1.10. The zero-order valence-corrected chi connectivity index (χ0v) is 12.7. The van der Waals surface area contributed by atoms with Crippen LogP contribution in [-0.2, 0) is 0 Å². The fourth-order valence-electron chi connectivity index (χ4n) is 2.32. The lowest BCUT2D eigenvalue weighted by Crippen LogP contribution is -2.34. The van der Waals surface area contributed by atoms with Gasteiger partial charge in [0, 0.05) is 19.6 Å². The molecule has 106 valence electrons. The fraction of sp³-hybridized carbons (Fsp3) is 0.769. The smallest absolute Gasteiger partial charge is 0.231 e. The van der Waals surface area contributed by atoms with E-state index in [2.05, 4.69) is 45.9 Å². The SMILES string of the molecule is CCN(CC)c1nc(Cl)nc(NCC2(C)CCC2)n1. The van der Waals surface area contributed by atoms with Crippen LogP contribution in [0.15, 0.2) is 0 Å². The van der Waals surface area contributed by atoms with Gasteiger partial charge in [0.15, 0.2) is 0 Å². The number of rotatable bonds is 6. The van der Waals surface area contributed by atoms with Gasteiger partial charge in [0.05, 0.1) is 0 Å². The molecule has 0 bridgehead atoms. The maximum atomic E-state index is 5.98. The standard InChI is InChI=1S/C13H22ClN5/c1-4-19(5-2)12-17-10(14)16-11(18-12)15-9-13(3)7-6-8-13/h4-9H2,1-3H3,(H,15,16,17,18). The number of hydrogen-bond donors (Lipinski definition) is 1. The van der Waals surface area contributed by atoms with Gasteiger partial charge in [0.1, 0.15) is 0 Å². The van der Waals surface area contributed by atoms with Gasteiger partial charge in [-0.05, 0) is 43.7 Å². The Labute approximate surface area is 119 Å². The monoisotopic (exact) mass is 283 g/mol. The summed E-state index contributed by atoms with van der Waals surface area (Å²) in [5.41, 5.74) is 0.383. The molecule has 19 heavy (non-hydrogen) atoms. The summed E-state index contributed by atoms with van der Waals surface area (Å²) in [6.07, 6.45) is 3.85. The van der Waals surface area contributed by atoms with Gasteiger partial charge in [-0.2, -0.15) is 15.0 Å².